The molecule has 0 saturated heterocycles. The lowest BCUT2D eigenvalue weighted by Crippen LogP contribution is -2.08. The third kappa shape index (κ3) is 2.56. The predicted octanol–water partition coefficient (Wildman–Crippen LogP) is 3.20. The molecule has 0 bridgehead atoms. The van der Waals surface area contributed by atoms with Gasteiger partial charge >= 0.3 is 12.1 Å². The monoisotopic (exact) mass is 275 g/mol. The molecule has 0 unspecified atom stereocenters. The first-order chi connectivity index (χ1) is 8.79. The van der Waals surface area contributed by atoms with Gasteiger partial charge in [-0.15, -0.1) is 0 Å². The second kappa shape index (κ2) is 4.38. The van der Waals surface area contributed by atoms with Crippen molar-refractivity contribution in [1.29, 1.82) is 0 Å². The molecule has 1 aromatic carbocycles. The molecule has 4 nitrogen and oxygen atoms in total. The number of carbonyl (C=O) groups is 1. The van der Waals surface area contributed by atoms with E-state index in [1.165, 1.54) is 0 Å². The number of carboxylic acids is 1. The first kappa shape index (κ1) is 13.1. The minimum absolute atomic E-state index is 0.166. The zero-order valence-corrected chi connectivity index (χ0v) is 9.03. The Kier molecular flexibility index (Phi) is 3.01. The van der Waals surface area contributed by atoms with E-state index in [2.05, 4.69) is 4.98 Å². The normalized spacial score (nSPS) is 11.6. The lowest BCUT2D eigenvalue weighted by molar-refractivity contribution is -0.139. The van der Waals surface area contributed by atoms with Crippen molar-refractivity contribution in [2.45, 2.75) is 6.18 Å². The molecule has 8 heteroatoms. The largest absolute Gasteiger partial charge is 0.476 e. The topological polar surface area (TPSA) is 63.3 Å². The molecule has 1 heterocycles. The molecule has 1 aromatic heterocycles. The van der Waals surface area contributed by atoms with Gasteiger partial charge in [0.1, 0.15) is 12.1 Å². The number of nitrogens with zero attached hydrogens (tertiary/aromatic N) is 1. The summed E-state index contributed by atoms with van der Waals surface area (Å²) in [5.74, 6) is -3.14. The maximum atomic E-state index is 13.0. The maximum Gasteiger partial charge on any atom is 0.419 e. The number of aromatic carboxylic acids is 1. The smallest absolute Gasteiger partial charge is 0.419 e. The second-order valence-electron chi connectivity index (χ2n) is 3.54. The van der Waals surface area contributed by atoms with Gasteiger partial charge in [0.25, 0.3) is 0 Å². The van der Waals surface area contributed by atoms with Crippen molar-refractivity contribution < 1.29 is 31.9 Å². The number of benzene rings is 1. The molecule has 2 aromatic rings. The van der Waals surface area contributed by atoms with Crippen LogP contribution < -0.4 is 0 Å². The van der Waals surface area contributed by atoms with E-state index in [-0.39, 0.29) is 11.5 Å². The summed E-state index contributed by atoms with van der Waals surface area (Å²) in [4.78, 5) is 14.0. The summed E-state index contributed by atoms with van der Waals surface area (Å²) in [6.07, 6.45) is -4.07. The van der Waals surface area contributed by atoms with Crippen molar-refractivity contribution in [3.8, 4) is 11.5 Å². The molecule has 0 spiro atoms. The molecule has 0 radical (unpaired) electrons. The van der Waals surface area contributed by atoms with Crippen LogP contribution in [-0.2, 0) is 6.18 Å². The van der Waals surface area contributed by atoms with E-state index in [9.17, 15) is 22.4 Å². The highest BCUT2D eigenvalue weighted by atomic mass is 19.4. The van der Waals surface area contributed by atoms with Gasteiger partial charge in [0, 0.05) is 5.56 Å². The number of carboxylic acid groups (broad SMARTS) is 1. The van der Waals surface area contributed by atoms with Crippen LogP contribution >= 0.6 is 0 Å². The van der Waals surface area contributed by atoms with E-state index in [1.54, 1.807) is 0 Å². The fraction of sp³-hybridized carbons (Fsp3) is 0.0909. The van der Waals surface area contributed by atoms with Gasteiger partial charge in [-0.3, -0.25) is 0 Å². The van der Waals surface area contributed by atoms with Crippen LogP contribution in [0.3, 0.4) is 0 Å². The Bertz CT molecular complexity index is 633. The van der Waals surface area contributed by atoms with Crippen LogP contribution in [0.25, 0.3) is 11.5 Å². The van der Waals surface area contributed by atoms with Crippen LogP contribution in [-0.4, -0.2) is 16.1 Å². The Morgan fingerprint density at radius 1 is 1.32 bits per heavy atom. The Labute approximate surface area is 103 Å². The first-order valence-electron chi connectivity index (χ1n) is 4.85. The Morgan fingerprint density at radius 3 is 2.53 bits per heavy atom. The van der Waals surface area contributed by atoms with Gasteiger partial charge in [0.05, 0.1) is 5.56 Å². The van der Waals surface area contributed by atoms with E-state index in [0.717, 1.165) is 12.3 Å². The summed E-state index contributed by atoms with van der Waals surface area (Å²) in [6, 6.07) is 2.14. The highest BCUT2D eigenvalue weighted by Gasteiger charge is 2.34. The van der Waals surface area contributed by atoms with E-state index in [1.807, 2.05) is 0 Å². The zero-order chi connectivity index (χ0) is 14.2. The summed E-state index contributed by atoms with van der Waals surface area (Å²) >= 11 is 0. The highest BCUT2D eigenvalue weighted by Crippen LogP contribution is 2.34. The molecule has 0 saturated carbocycles. The quantitative estimate of drug-likeness (QED) is 0.855. The zero-order valence-electron chi connectivity index (χ0n) is 9.03. The van der Waals surface area contributed by atoms with E-state index >= 15 is 0 Å². The number of hydrogen-bond acceptors (Lipinski definition) is 3. The molecular formula is C11H5F4NO3. The van der Waals surface area contributed by atoms with Gasteiger partial charge < -0.3 is 9.52 Å². The SMILES string of the molecule is O=C(O)c1coc(-c2ccc(F)c(C(F)(F)F)c2)n1. The van der Waals surface area contributed by atoms with Crippen molar-refractivity contribution in [1.82, 2.24) is 4.98 Å². The third-order valence-electron chi connectivity index (χ3n) is 2.24. The number of hydrogen-bond donors (Lipinski definition) is 1. The first-order valence-corrected chi connectivity index (χ1v) is 4.85. The van der Waals surface area contributed by atoms with Gasteiger partial charge in [0.15, 0.2) is 5.69 Å². The van der Waals surface area contributed by atoms with Gasteiger partial charge in [-0.2, -0.15) is 13.2 Å². The summed E-state index contributed by atoms with van der Waals surface area (Å²) in [5, 5.41) is 8.61. The molecule has 0 aliphatic rings. The minimum Gasteiger partial charge on any atom is -0.476 e. The maximum absolute atomic E-state index is 13.0. The fourth-order valence-corrected chi connectivity index (χ4v) is 1.38. The van der Waals surface area contributed by atoms with Crippen LogP contribution in [0.5, 0.6) is 0 Å². The van der Waals surface area contributed by atoms with Crippen LogP contribution in [0.1, 0.15) is 16.1 Å². The number of alkyl halides is 3. The van der Waals surface area contributed by atoms with E-state index in [4.69, 9.17) is 9.52 Å². The van der Waals surface area contributed by atoms with E-state index in [0.29, 0.717) is 12.1 Å². The molecule has 2 rings (SSSR count). The molecule has 0 aliphatic heterocycles. The molecule has 0 fully saturated rings. The van der Waals surface area contributed by atoms with Gasteiger partial charge in [-0.1, -0.05) is 0 Å². The lowest BCUT2D eigenvalue weighted by Gasteiger charge is -2.08. The summed E-state index contributed by atoms with van der Waals surface area (Å²) < 4.78 is 55.3. The lowest BCUT2D eigenvalue weighted by atomic mass is 10.1. The Morgan fingerprint density at radius 2 is 2.00 bits per heavy atom. The minimum atomic E-state index is -4.86. The van der Waals surface area contributed by atoms with Crippen LogP contribution in [0, 0.1) is 5.82 Å². The van der Waals surface area contributed by atoms with Gasteiger partial charge in [0.2, 0.25) is 5.89 Å². The molecule has 1 N–H and O–H groups in total. The molecule has 0 atom stereocenters. The summed E-state index contributed by atoms with van der Waals surface area (Å²) in [7, 11) is 0. The van der Waals surface area contributed by atoms with Crippen molar-refractivity contribution >= 4 is 5.97 Å². The number of rotatable bonds is 2. The van der Waals surface area contributed by atoms with Gasteiger partial charge in [-0.25, -0.2) is 14.2 Å². The van der Waals surface area contributed by atoms with E-state index < -0.39 is 29.2 Å². The number of aromatic nitrogens is 1. The molecule has 0 aliphatic carbocycles. The Balaban J connectivity index is 2.48. The molecule has 19 heavy (non-hydrogen) atoms. The highest BCUT2D eigenvalue weighted by molar-refractivity contribution is 5.85. The number of halogens is 4. The van der Waals surface area contributed by atoms with Crippen LogP contribution in [0.4, 0.5) is 17.6 Å². The van der Waals surface area contributed by atoms with Crippen molar-refractivity contribution in [2.24, 2.45) is 0 Å². The summed E-state index contributed by atoms with van der Waals surface area (Å²) in [5.41, 5.74) is -2.09. The summed E-state index contributed by atoms with van der Waals surface area (Å²) in [6.45, 7) is 0. The predicted molar refractivity (Wildman–Crippen MR) is 53.9 cm³/mol. The molecular weight excluding hydrogens is 270 g/mol. The van der Waals surface area contributed by atoms with Crippen molar-refractivity contribution in [3.63, 3.8) is 0 Å². The Hall–Kier alpha value is -2.38. The van der Waals surface area contributed by atoms with Crippen molar-refractivity contribution in [2.75, 3.05) is 0 Å². The van der Waals surface area contributed by atoms with Crippen LogP contribution in [0.15, 0.2) is 28.9 Å². The average Bonchev–Trinajstić information content (AvgIpc) is 2.77. The molecule has 0 amide bonds. The van der Waals surface area contributed by atoms with Crippen molar-refractivity contribution in [3.05, 3.63) is 41.5 Å². The standard InChI is InChI=1S/C11H5F4NO3/c12-7-2-1-5(3-6(7)11(13,14)15)9-16-8(4-19-9)10(17)18/h1-4H,(H,17,18). The third-order valence-corrected chi connectivity index (χ3v) is 2.24. The van der Waals surface area contributed by atoms with Gasteiger partial charge in [-0.05, 0) is 18.2 Å². The molecule has 100 valence electrons. The number of oxazole rings is 1. The second-order valence-corrected chi connectivity index (χ2v) is 3.54. The average molecular weight is 275 g/mol. The fourth-order valence-electron chi connectivity index (χ4n) is 1.38. The van der Waals surface area contributed by atoms with Crippen LogP contribution in [0.2, 0.25) is 0 Å².